The van der Waals surface area contributed by atoms with Crippen molar-refractivity contribution < 1.29 is 0 Å². The van der Waals surface area contributed by atoms with Gasteiger partial charge in [0.15, 0.2) is 0 Å². The molecule has 2 unspecified atom stereocenters. The number of nitrogens with zero attached hydrogens (tertiary/aromatic N) is 1. The predicted molar refractivity (Wildman–Crippen MR) is 85.5 cm³/mol. The highest BCUT2D eigenvalue weighted by molar-refractivity contribution is 9.10. The van der Waals surface area contributed by atoms with E-state index in [1.54, 1.807) is 0 Å². The Morgan fingerprint density at radius 3 is 2.95 bits per heavy atom. The minimum absolute atomic E-state index is 0.245. The largest absolute Gasteiger partial charge is 0.329 e. The summed E-state index contributed by atoms with van der Waals surface area (Å²) in [4.78, 5) is 2.51. The molecule has 2 atom stereocenters. The van der Waals surface area contributed by atoms with E-state index in [0.29, 0.717) is 6.54 Å². The Bertz CT molecular complexity index is 425. The molecule has 1 fully saturated rings. The van der Waals surface area contributed by atoms with Crippen LogP contribution in [0.5, 0.6) is 0 Å². The van der Waals surface area contributed by atoms with Crippen LogP contribution in [0, 0.1) is 5.92 Å². The summed E-state index contributed by atoms with van der Waals surface area (Å²) in [5.74, 6) is 0.803. The maximum absolute atomic E-state index is 6.38. The number of piperidine rings is 1. The molecule has 0 aromatic heterocycles. The summed E-state index contributed by atoms with van der Waals surface area (Å²) in [7, 11) is 0. The van der Waals surface area contributed by atoms with Crippen LogP contribution in [0.15, 0.2) is 22.7 Å². The minimum atomic E-state index is 0.245. The monoisotopic (exact) mass is 344 g/mol. The highest BCUT2D eigenvalue weighted by Gasteiger charge is 2.26. The second-order valence-electron chi connectivity index (χ2n) is 5.33. The van der Waals surface area contributed by atoms with Crippen LogP contribution >= 0.6 is 27.5 Å². The fourth-order valence-corrected chi connectivity index (χ4v) is 3.76. The second-order valence-corrected chi connectivity index (χ2v) is 6.65. The third-order valence-corrected chi connectivity index (χ3v) is 4.93. The SMILES string of the molecule is CCC1CCCN(C(CN)c2ccc(Br)cc2Cl)C1. The predicted octanol–water partition coefficient (Wildman–Crippen LogP) is 4.22. The molecular formula is C15H22BrClN2. The first kappa shape index (κ1) is 15.3. The average Bonchev–Trinajstić information content (AvgIpc) is 2.42. The smallest absolute Gasteiger partial charge is 0.0485 e. The van der Waals surface area contributed by atoms with Gasteiger partial charge < -0.3 is 5.73 Å². The van der Waals surface area contributed by atoms with Crippen LogP contribution < -0.4 is 5.73 Å². The van der Waals surface area contributed by atoms with Crippen LogP contribution in [0.25, 0.3) is 0 Å². The van der Waals surface area contributed by atoms with Gasteiger partial charge in [-0.3, -0.25) is 4.90 Å². The Hall–Kier alpha value is -0.0900. The van der Waals surface area contributed by atoms with Gasteiger partial charge in [-0.2, -0.15) is 0 Å². The molecule has 1 heterocycles. The summed E-state index contributed by atoms with van der Waals surface area (Å²) in [6, 6.07) is 6.35. The van der Waals surface area contributed by atoms with Crippen molar-refractivity contribution >= 4 is 27.5 Å². The van der Waals surface area contributed by atoms with Crippen molar-refractivity contribution in [2.45, 2.75) is 32.2 Å². The first-order valence-electron chi connectivity index (χ1n) is 7.04. The second kappa shape index (κ2) is 7.07. The van der Waals surface area contributed by atoms with Gasteiger partial charge in [0.1, 0.15) is 0 Å². The van der Waals surface area contributed by atoms with E-state index in [0.717, 1.165) is 34.1 Å². The molecule has 1 aromatic carbocycles. The highest BCUT2D eigenvalue weighted by Crippen LogP contribution is 2.32. The van der Waals surface area contributed by atoms with Gasteiger partial charge in [-0.05, 0) is 43.0 Å². The lowest BCUT2D eigenvalue weighted by Crippen LogP contribution is -2.41. The molecule has 0 bridgehead atoms. The Kier molecular flexibility index (Phi) is 5.70. The fourth-order valence-electron chi connectivity index (χ4n) is 2.96. The van der Waals surface area contributed by atoms with Gasteiger partial charge in [-0.1, -0.05) is 46.9 Å². The average molecular weight is 346 g/mol. The maximum Gasteiger partial charge on any atom is 0.0485 e. The zero-order chi connectivity index (χ0) is 13.8. The molecule has 2 N–H and O–H groups in total. The van der Waals surface area contributed by atoms with Crippen LogP contribution in [0.1, 0.15) is 37.8 Å². The summed E-state index contributed by atoms with van der Waals surface area (Å²) < 4.78 is 1.02. The van der Waals surface area contributed by atoms with Crippen molar-refractivity contribution in [2.75, 3.05) is 19.6 Å². The number of likely N-dealkylation sites (tertiary alicyclic amines) is 1. The Balaban J connectivity index is 2.19. The molecule has 2 rings (SSSR count). The van der Waals surface area contributed by atoms with Crippen LogP contribution in [0.2, 0.25) is 5.02 Å². The maximum atomic E-state index is 6.38. The molecule has 2 nitrogen and oxygen atoms in total. The summed E-state index contributed by atoms with van der Waals surface area (Å²) in [6.07, 6.45) is 3.86. The quantitative estimate of drug-likeness (QED) is 0.885. The first-order valence-corrected chi connectivity index (χ1v) is 8.21. The van der Waals surface area contributed by atoms with E-state index in [4.69, 9.17) is 17.3 Å². The van der Waals surface area contributed by atoms with Gasteiger partial charge in [0, 0.05) is 28.6 Å². The first-order chi connectivity index (χ1) is 9.15. The Morgan fingerprint density at radius 2 is 2.32 bits per heavy atom. The number of rotatable bonds is 4. The van der Waals surface area contributed by atoms with E-state index in [-0.39, 0.29) is 6.04 Å². The van der Waals surface area contributed by atoms with Gasteiger partial charge in [-0.25, -0.2) is 0 Å². The van der Waals surface area contributed by atoms with Crippen LogP contribution in [0.3, 0.4) is 0 Å². The number of hydrogen-bond acceptors (Lipinski definition) is 2. The van der Waals surface area contributed by atoms with E-state index in [2.05, 4.69) is 33.8 Å². The van der Waals surface area contributed by atoms with Crippen molar-refractivity contribution in [3.63, 3.8) is 0 Å². The van der Waals surface area contributed by atoms with Gasteiger partial charge >= 0.3 is 0 Å². The van der Waals surface area contributed by atoms with Crippen LogP contribution in [-0.4, -0.2) is 24.5 Å². The molecule has 0 spiro atoms. The molecule has 0 aliphatic carbocycles. The van der Waals surface area contributed by atoms with Crippen LogP contribution in [-0.2, 0) is 0 Å². The summed E-state index contributed by atoms with van der Waals surface area (Å²) in [6.45, 7) is 5.17. The number of hydrogen-bond donors (Lipinski definition) is 1. The molecule has 106 valence electrons. The van der Waals surface area contributed by atoms with E-state index in [1.165, 1.54) is 19.3 Å². The Labute approximate surface area is 129 Å². The number of benzene rings is 1. The lowest BCUT2D eigenvalue weighted by Gasteiger charge is -2.38. The van der Waals surface area contributed by atoms with Crippen molar-refractivity contribution in [1.29, 1.82) is 0 Å². The molecule has 19 heavy (non-hydrogen) atoms. The lowest BCUT2D eigenvalue weighted by molar-refractivity contribution is 0.124. The van der Waals surface area contributed by atoms with Gasteiger partial charge in [0.25, 0.3) is 0 Å². The zero-order valence-electron chi connectivity index (χ0n) is 11.4. The Morgan fingerprint density at radius 1 is 1.53 bits per heavy atom. The van der Waals surface area contributed by atoms with E-state index in [9.17, 15) is 0 Å². The molecule has 1 aromatic rings. The van der Waals surface area contributed by atoms with E-state index in [1.807, 2.05) is 12.1 Å². The summed E-state index contributed by atoms with van der Waals surface area (Å²) >= 11 is 9.84. The molecule has 0 amide bonds. The van der Waals surface area contributed by atoms with Gasteiger partial charge in [-0.15, -0.1) is 0 Å². The van der Waals surface area contributed by atoms with Crippen LogP contribution in [0.4, 0.5) is 0 Å². The lowest BCUT2D eigenvalue weighted by atomic mass is 9.93. The molecule has 1 saturated heterocycles. The topological polar surface area (TPSA) is 29.3 Å². The minimum Gasteiger partial charge on any atom is -0.329 e. The summed E-state index contributed by atoms with van der Waals surface area (Å²) in [5.41, 5.74) is 7.17. The van der Waals surface area contributed by atoms with Crippen molar-refractivity contribution in [1.82, 2.24) is 4.90 Å². The normalized spacial score (nSPS) is 22.4. The highest BCUT2D eigenvalue weighted by atomic mass is 79.9. The van der Waals surface area contributed by atoms with Gasteiger partial charge in [0.05, 0.1) is 0 Å². The molecule has 4 heteroatoms. The third-order valence-electron chi connectivity index (χ3n) is 4.11. The molecule has 1 aliphatic rings. The van der Waals surface area contributed by atoms with Gasteiger partial charge in [0.2, 0.25) is 0 Å². The standard InChI is InChI=1S/C15H22BrClN2/c1-2-11-4-3-7-19(10-11)15(9-18)13-6-5-12(16)8-14(13)17/h5-6,8,11,15H,2-4,7,9-10,18H2,1H3. The van der Waals surface area contributed by atoms with E-state index >= 15 is 0 Å². The van der Waals surface area contributed by atoms with E-state index < -0.39 is 0 Å². The molecular weight excluding hydrogens is 324 g/mol. The third kappa shape index (κ3) is 3.72. The number of nitrogens with two attached hydrogens (primary N) is 1. The van der Waals surface area contributed by atoms with Crippen molar-refractivity contribution in [3.8, 4) is 0 Å². The zero-order valence-corrected chi connectivity index (χ0v) is 13.8. The van der Waals surface area contributed by atoms with Crippen molar-refractivity contribution in [3.05, 3.63) is 33.3 Å². The van der Waals surface area contributed by atoms with Crippen molar-refractivity contribution in [2.24, 2.45) is 11.7 Å². The molecule has 0 saturated carbocycles. The summed E-state index contributed by atoms with van der Waals surface area (Å²) in [5, 5.41) is 0.809. The number of halogens is 2. The molecule has 1 aliphatic heterocycles. The fraction of sp³-hybridized carbons (Fsp3) is 0.600. The molecule has 0 radical (unpaired) electrons.